The highest BCUT2D eigenvalue weighted by Gasteiger charge is 2.24. The Balaban J connectivity index is 1.87. The van der Waals surface area contributed by atoms with E-state index in [0.717, 1.165) is 6.42 Å². The number of hydrogen-bond donors (Lipinski definition) is 1. The molecule has 0 aromatic carbocycles. The molecule has 0 radical (unpaired) electrons. The summed E-state index contributed by atoms with van der Waals surface area (Å²) in [6.45, 7) is 5.05. The monoisotopic (exact) mass is 280 g/mol. The summed E-state index contributed by atoms with van der Waals surface area (Å²) in [5.41, 5.74) is 1.27. The molecule has 2 unspecified atom stereocenters. The smallest absolute Gasteiger partial charge is 0.317 e. The van der Waals surface area contributed by atoms with Crippen molar-refractivity contribution in [3.63, 3.8) is 0 Å². The normalized spacial score (nSPS) is 23.1. The summed E-state index contributed by atoms with van der Waals surface area (Å²) in [5.74, 6) is 0.606. The van der Waals surface area contributed by atoms with E-state index < -0.39 is 0 Å². The van der Waals surface area contributed by atoms with Crippen LogP contribution in [0.25, 0.3) is 0 Å². The topological polar surface area (TPSA) is 32.3 Å². The Hall–Kier alpha value is -1.03. The van der Waals surface area contributed by atoms with Crippen molar-refractivity contribution in [1.29, 1.82) is 0 Å². The van der Waals surface area contributed by atoms with Gasteiger partial charge in [-0.05, 0) is 42.7 Å². The van der Waals surface area contributed by atoms with Crippen LogP contribution in [0.15, 0.2) is 11.4 Å². The molecule has 2 rings (SSSR count). The molecule has 0 aliphatic heterocycles. The van der Waals surface area contributed by atoms with E-state index in [2.05, 4.69) is 30.6 Å². The second-order valence-corrected chi connectivity index (χ2v) is 6.70. The van der Waals surface area contributed by atoms with E-state index in [1.54, 1.807) is 16.2 Å². The van der Waals surface area contributed by atoms with Crippen molar-refractivity contribution in [3.05, 3.63) is 21.9 Å². The summed E-state index contributed by atoms with van der Waals surface area (Å²) in [6.07, 6.45) is 4.90. The van der Waals surface area contributed by atoms with Gasteiger partial charge in [-0.3, -0.25) is 0 Å². The summed E-state index contributed by atoms with van der Waals surface area (Å²) >= 11 is 1.72. The van der Waals surface area contributed by atoms with Crippen molar-refractivity contribution >= 4 is 17.4 Å². The van der Waals surface area contributed by atoms with E-state index in [0.29, 0.717) is 18.5 Å². The zero-order valence-electron chi connectivity index (χ0n) is 12.1. The number of amides is 2. The van der Waals surface area contributed by atoms with Crippen LogP contribution in [0.1, 0.15) is 43.0 Å². The van der Waals surface area contributed by atoms with E-state index in [4.69, 9.17) is 0 Å². The van der Waals surface area contributed by atoms with Gasteiger partial charge in [-0.1, -0.05) is 19.8 Å². The van der Waals surface area contributed by atoms with Crippen LogP contribution in [0, 0.1) is 12.8 Å². The van der Waals surface area contributed by atoms with Gasteiger partial charge in [-0.15, -0.1) is 11.3 Å². The first-order valence-corrected chi connectivity index (χ1v) is 8.00. The Labute approximate surface area is 120 Å². The number of carbonyl (C=O) groups excluding carboxylic acids is 1. The van der Waals surface area contributed by atoms with Crippen molar-refractivity contribution in [3.8, 4) is 0 Å². The SMILES string of the molecule is Cc1ccsc1CN(C)C(=O)NC1CCCCC1C. The number of urea groups is 1. The molecular weight excluding hydrogens is 256 g/mol. The van der Waals surface area contributed by atoms with Crippen molar-refractivity contribution in [2.45, 2.75) is 52.1 Å². The van der Waals surface area contributed by atoms with Gasteiger partial charge in [0.25, 0.3) is 0 Å². The van der Waals surface area contributed by atoms with Crippen LogP contribution >= 0.6 is 11.3 Å². The van der Waals surface area contributed by atoms with Crippen molar-refractivity contribution in [2.24, 2.45) is 5.92 Å². The third kappa shape index (κ3) is 3.72. The molecular formula is C15H24N2OS. The minimum absolute atomic E-state index is 0.0616. The highest BCUT2D eigenvalue weighted by Crippen LogP contribution is 2.24. The lowest BCUT2D eigenvalue weighted by Gasteiger charge is -2.31. The van der Waals surface area contributed by atoms with Gasteiger partial charge in [-0.25, -0.2) is 4.79 Å². The predicted octanol–water partition coefficient (Wildman–Crippen LogP) is 3.78. The van der Waals surface area contributed by atoms with Gasteiger partial charge in [0.2, 0.25) is 0 Å². The van der Waals surface area contributed by atoms with Crippen LogP contribution in [-0.2, 0) is 6.54 Å². The van der Waals surface area contributed by atoms with Gasteiger partial charge in [0, 0.05) is 18.0 Å². The van der Waals surface area contributed by atoms with E-state index in [-0.39, 0.29) is 6.03 Å². The molecule has 106 valence electrons. The van der Waals surface area contributed by atoms with Gasteiger partial charge in [0.15, 0.2) is 0 Å². The van der Waals surface area contributed by atoms with Gasteiger partial charge in [0.1, 0.15) is 0 Å². The number of hydrogen-bond acceptors (Lipinski definition) is 2. The Bertz CT molecular complexity index is 430. The highest BCUT2D eigenvalue weighted by atomic mass is 32.1. The predicted molar refractivity (Wildman–Crippen MR) is 80.5 cm³/mol. The van der Waals surface area contributed by atoms with E-state index in [1.165, 1.54) is 29.7 Å². The molecule has 2 amide bonds. The molecule has 2 atom stereocenters. The Morgan fingerprint density at radius 3 is 2.84 bits per heavy atom. The lowest BCUT2D eigenvalue weighted by atomic mass is 9.86. The summed E-state index contributed by atoms with van der Waals surface area (Å²) in [4.78, 5) is 15.3. The second kappa shape index (κ2) is 6.42. The average molecular weight is 280 g/mol. The molecule has 1 saturated carbocycles. The quantitative estimate of drug-likeness (QED) is 0.898. The minimum Gasteiger partial charge on any atom is -0.335 e. The zero-order chi connectivity index (χ0) is 13.8. The summed E-state index contributed by atoms with van der Waals surface area (Å²) in [5, 5.41) is 5.27. The Morgan fingerprint density at radius 1 is 1.47 bits per heavy atom. The van der Waals surface area contributed by atoms with Crippen LogP contribution in [0.3, 0.4) is 0 Å². The van der Waals surface area contributed by atoms with E-state index >= 15 is 0 Å². The van der Waals surface area contributed by atoms with Crippen molar-refractivity contribution < 1.29 is 4.79 Å². The highest BCUT2D eigenvalue weighted by molar-refractivity contribution is 7.10. The first kappa shape index (κ1) is 14.4. The van der Waals surface area contributed by atoms with Crippen molar-refractivity contribution in [1.82, 2.24) is 10.2 Å². The molecule has 0 bridgehead atoms. The molecule has 1 aromatic heterocycles. The lowest BCUT2D eigenvalue weighted by molar-refractivity contribution is 0.190. The van der Waals surface area contributed by atoms with Gasteiger partial charge < -0.3 is 10.2 Å². The molecule has 0 saturated heterocycles. The molecule has 1 N–H and O–H groups in total. The molecule has 0 spiro atoms. The van der Waals surface area contributed by atoms with Gasteiger partial charge in [-0.2, -0.15) is 0 Å². The third-order valence-electron chi connectivity index (χ3n) is 4.12. The number of nitrogens with zero attached hydrogens (tertiary/aromatic N) is 1. The van der Waals surface area contributed by atoms with E-state index in [1.807, 2.05) is 7.05 Å². The number of carbonyl (C=O) groups is 1. The fourth-order valence-electron chi connectivity index (χ4n) is 2.65. The Morgan fingerprint density at radius 2 is 2.21 bits per heavy atom. The number of thiophene rings is 1. The van der Waals surface area contributed by atoms with Gasteiger partial charge >= 0.3 is 6.03 Å². The van der Waals surface area contributed by atoms with E-state index in [9.17, 15) is 4.79 Å². The molecule has 1 fully saturated rings. The minimum atomic E-state index is 0.0616. The largest absolute Gasteiger partial charge is 0.335 e. The molecule has 1 aromatic rings. The number of nitrogens with one attached hydrogen (secondary N) is 1. The van der Waals surface area contributed by atoms with Crippen LogP contribution < -0.4 is 5.32 Å². The molecule has 1 aliphatic rings. The fourth-order valence-corrected chi connectivity index (χ4v) is 3.61. The fraction of sp³-hybridized carbons (Fsp3) is 0.667. The molecule has 19 heavy (non-hydrogen) atoms. The third-order valence-corrected chi connectivity index (χ3v) is 5.12. The zero-order valence-corrected chi connectivity index (χ0v) is 12.9. The molecule has 1 aliphatic carbocycles. The van der Waals surface area contributed by atoms with Crippen LogP contribution in [0.5, 0.6) is 0 Å². The van der Waals surface area contributed by atoms with Crippen LogP contribution in [0.4, 0.5) is 4.79 Å². The second-order valence-electron chi connectivity index (χ2n) is 5.70. The Kier molecular flexibility index (Phi) is 4.86. The first-order valence-electron chi connectivity index (χ1n) is 7.12. The summed E-state index contributed by atoms with van der Waals surface area (Å²) in [7, 11) is 1.88. The number of rotatable bonds is 3. The summed E-state index contributed by atoms with van der Waals surface area (Å²) < 4.78 is 0. The van der Waals surface area contributed by atoms with Gasteiger partial charge in [0.05, 0.1) is 6.54 Å². The standard InChI is InChI=1S/C15H24N2OS/c1-11-6-4-5-7-13(11)16-15(18)17(3)10-14-12(2)8-9-19-14/h8-9,11,13H,4-7,10H2,1-3H3,(H,16,18). The lowest BCUT2D eigenvalue weighted by Crippen LogP contribution is -2.46. The average Bonchev–Trinajstić information content (AvgIpc) is 2.78. The molecule has 3 nitrogen and oxygen atoms in total. The number of aryl methyl sites for hydroxylation is 1. The first-order chi connectivity index (χ1) is 9.08. The van der Waals surface area contributed by atoms with Crippen LogP contribution in [0.2, 0.25) is 0 Å². The maximum atomic E-state index is 12.2. The summed E-state index contributed by atoms with van der Waals surface area (Å²) in [6, 6.07) is 2.52. The maximum Gasteiger partial charge on any atom is 0.317 e. The maximum absolute atomic E-state index is 12.2. The van der Waals surface area contributed by atoms with Crippen molar-refractivity contribution in [2.75, 3.05) is 7.05 Å². The molecule has 4 heteroatoms. The van der Waals surface area contributed by atoms with Crippen LogP contribution in [-0.4, -0.2) is 24.0 Å². The molecule has 1 heterocycles.